The molecule has 0 fully saturated rings. The first kappa shape index (κ1) is 12.4. The highest BCUT2D eigenvalue weighted by molar-refractivity contribution is 6.33. The van der Waals surface area contributed by atoms with Crippen molar-refractivity contribution in [1.29, 1.82) is 0 Å². The van der Waals surface area contributed by atoms with Gasteiger partial charge in [-0.1, -0.05) is 17.7 Å². The van der Waals surface area contributed by atoms with Crippen molar-refractivity contribution >= 4 is 23.5 Å². The van der Waals surface area contributed by atoms with Gasteiger partial charge >= 0.3 is 5.97 Å². The molecule has 1 rings (SSSR count). The number of halogens is 2. The Hall–Kier alpha value is -1.62. The number of benzene rings is 1. The molecule has 0 bridgehead atoms. The summed E-state index contributed by atoms with van der Waals surface area (Å²) in [7, 11) is 1.19. The Balaban J connectivity index is 2.77. The standard InChI is InChI=1S/C10H9ClFNO3/c1-16-8(14)5-13-10(15)9-6(11)3-2-4-7(9)12/h2-4H,5H2,1H3,(H,13,15). The maximum atomic E-state index is 13.2. The van der Waals surface area contributed by atoms with Crippen LogP contribution < -0.4 is 5.32 Å². The summed E-state index contributed by atoms with van der Waals surface area (Å²) in [6.45, 7) is -0.333. The van der Waals surface area contributed by atoms with E-state index in [0.29, 0.717) is 0 Å². The molecule has 0 aromatic heterocycles. The molecule has 4 nitrogen and oxygen atoms in total. The zero-order valence-electron chi connectivity index (χ0n) is 8.42. The van der Waals surface area contributed by atoms with Crippen molar-refractivity contribution in [2.45, 2.75) is 0 Å². The van der Waals surface area contributed by atoms with E-state index in [2.05, 4.69) is 10.1 Å². The van der Waals surface area contributed by atoms with Gasteiger partial charge < -0.3 is 10.1 Å². The minimum atomic E-state index is -0.756. The number of esters is 1. The lowest BCUT2D eigenvalue weighted by atomic mass is 10.2. The van der Waals surface area contributed by atoms with Crippen LogP contribution in [0.25, 0.3) is 0 Å². The average Bonchev–Trinajstić information content (AvgIpc) is 2.25. The lowest BCUT2D eigenvalue weighted by Crippen LogP contribution is -2.30. The summed E-state index contributed by atoms with van der Waals surface area (Å²) in [4.78, 5) is 22.2. The molecule has 1 N–H and O–H groups in total. The Morgan fingerprint density at radius 2 is 2.19 bits per heavy atom. The van der Waals surface area contributed by atoms with Crippen LogP contribution in [0.15, 0.2) is 18.2 Å². The van der Waals surface area contributed by atoms with Crippen molar-refractivity contribution in [3.05, 3.63) is 34.6 Å². The quantitative estimate of drug-likeness (QED) is 0.819. The Morgan fingerprint density at radius 1 is 1.50 bits per heavy atom. The molecule has 0 atom stereocenters. The first-order valence-electron chi connectivity index (χ1n) is 4.35. The molecule has 0 saturated carbocycles. The molecular weight excluding hydrogens is 237 g/mol. The van der Waals surface area contributed by atoms with Crippen LogP contribution in [0.4, 0.5) is 4.39 Å². The lowest BCUT2D eigenvalue weighted by molar-refractivity contribution is -0.139. The fourth-order valence-electron chi connectivity index (χ4n) is 1.03. The fraction of sp³-hybridized carbons (Fsp3) is 0.200. The molecule has 0 radical (unpaired) electrons. The van der Waals surface area contributed by atoms with Gasteiger partial charge in [-0.3, -0.25) is 9.59 Å². The van der Waals surface area contributed by atoms with E-state index in [9.17, 15) is 14.0 Å². The van der Waals surface area contributed by atoms with Crippen LogP contribution in [-0.2, 0) is 9.53 Å². The van der Waals surface area contributed by atoms with E-state index in [-0.39, 0.29) is 17.1 Å². The first-order valence-corrected chi connectivity index (χ1v) is 4.73. The summed E-state index contributed by atoms with van der Waals surface area (Å²) in [6, 6.07) is 3.88. The number of methoxy groups -OCH3 is 1. The second kappa shape index (κ2) is 5.46. The third-order valence-corrected chi connectivity index (χ3v) is 2.13. The largest absolute Gasteiger partial charge is 0.468 e. The molecular formula is C10H9ClFNO3. The van der Waals surface area contributed by atoms with Crippen molar-refractivity contribution in [2.24, 2.45) is 0 Å². The van der Waals surface area contributed by atoms with Gasteiger partial charge in [0, 0.05) is 0 Å². The summed E-state index contributed by atoms with van der Waals surface area (Å²) in [6.07, 6.45) is 0. The lowest BCUT2D eigenvalue weighted by Gasteiger charge is -2.06. The third-order valence-electron chi connectivity index (χ3n) is 1.81. The second-order valence-corrected chi connectivity index (χ2v) is 3.26. The molecule has 86 valence electrons. The number of hydrogen-bond acceptors (Lipinski definition) is 3. The van der Waals surface area contributed by atoms with E-state index < -0.39 is 17.7 Å². The van der Waals surface area contributed by atoms with Crippen LogP contribution in [0.2, 0.25) is 5.02 Å². The molecule has 0 unspecified atom stereocenters. The van der Waals surface area contributed by atoms with E-state index in [4.69, 9.17) is 11.6 Å². The molecule has 0 spiro atoms. The Kier molecular flexibility index (Phi) is 4.25. The van der Waals surface area contributed by atoms with Crippen LogP contribution in [0.1, 0.15) is 10.4 Å². The number of rotatable bonds is 3. The van der Waals surface area contributed by atoms with Gasteiger partial charge in [-0.05, 0) is 12.1 Å². The van der Waals surface area contributed by atoms with Gasteiger partial charge in [0.2, 0.25) is 0 Å². The number of ether oxygens (including phenoxy) is 1. The smallest absolute Gasteiger partial charge is 0.325 e. The maximum Gasteiger partial charge on any atom is 0.325 e. The van der Waals surface area contributed by atoms with Gasteiger partial charge in [0.1, 0.15) is 12.4 Å². The number of hydrogen-bond donors (Lipinski definition) is 1. The SMILES string of the molecule is COC(=O)CNC(=O)c1c(F)cccc1Cl. The minimum absolute atomic E-state index is 0.0117. The molecule has 16 heavy (non-hydrogen) atoms. The molecule has 1 amide bonds. The molecule has 0 aliphatic heterocycles. The van der Waals surface area contributed by atoms with Gasteiger partial charge in [0.25, 0.3) is 5.91 Å². The van der Waals surface area contributed by atoms with Crippen molar-refractivity contribution in [3.8, 4) is 0 Å². The van der Waals surface area contributed by atoms with Gasteiger partial charge in [-0.15, -0.1) is 0 Å². The van der Waals surface area contributed by atoms with Gasteiger partial charge in [-0.2, -0.15) is 0 Å². The number of amides is 1. The molecule has 0 saturated heterocycles. The summed E-state index contributed by atoms with van der Waals surface area (Å²) < 4.78 is 17.6. The van der Waals surface area contributed by atoms with E-state index >= 15 is 0 Å². The fourth-order valence-corrected chi connectivity index (χ4v) is 1.28. The topological polar surface area (TPSA) is 55.4 Å². The minimum Gasteiger partial charge on any atom is -0.468 e. The predicted octanol–water partition coefficient (Wildman–Crippen LogP) is 1.38. The van der Waals surface area contributed by atoms with E-state index in [1.807, 2.05) is 0 Å². The second-order valence-electron chi connectivity index (χ2n) is 2.86. The summed E-state index contributed by atoms with van der Waals surface area (Å²) in [5.74, 6) is -2.12. The summed E-state index contributed by atoms with van der Waals surface area (Å²) in [5, 5.41) is 2.18. The van der Waals surface area contributed by atoms with Crippen LogP contribution in [-0.4, -0.2) is 25.5 Å². The molecule has 6 heteroatoms. The highest BCUT2D eigenvalue weighted by Gasteiger charge is 2.16. The van der Waals surface area contributed by atoms with E-state index in [0.717, 1.165) is 6.07 Å². The van der Waals surface area contributed by atoms with Crippen LogP contribution in [0.3, 0.4) is 0 Å². The average molecular weight is 246 g/mol. The molecule has 1 aromatic carbocycles. The number of carbonyl (C=O) groups is 2. The molecule has 0 heterocycles. The zero-order chi connectivity index (χ0) is 12.1. The van der Waals surface area contributed by atoms with E-state index in [1.54, 1.807) is 0 Å². The van der Waals surface area contributed by atoms with E-state index in [1.165, 1.54) is 19.2 Å². The first-order chi connectivity index (χ1) is 7.56. The Labute approximate surface area is 96.3 Å². The maximum absolute atomic E-state index is 13.2. The summed E-state index contributed by atoms with van der Waals surface area (Å²) in [5.41, 5.74) is -0.284. The predicted molar refractivity (Wildman–Crippen MR) is 55.8 cm³/mol. The molecule has 0 aliphatic rings. The van der Waals surface area contributed by atoms with Gasteiger partial charge in [0.05, 0.1) is 17.7 Å². The zero-order valence-corrected chi connectivity index (χ0v) is 9.18. The summed E-state index contributed by atoms with van der Waals surface area (Å²) >= 11 is 5.66. The van der Waals surface area contributed by atoms with Gasteiger partial charge in [-0.25, -0.2) is 4.39 Å². The van der Waals surface area contributed by atoms with Crippen molar-refractivity contribution in [3.63, 3.8) is 0 Å². The monoisotopic (exact) mass is 245 g/mol. The molecule has 0 aliphatic carbocycles. The van der Waals surface area contributed by atoms with Crippen molar-refractivity contribution < 1.29 is 18.7 Å². The van der Waals surface area contributed by atoms with Crippen LogP contribution in [0, 0.1) is 5.82 Å². The van der Waals surface area contributed by atoms with Crippen LogP contribution in [0.5, 0.6) is 0 Å². The highest BCUT2D eigenvalue weighted by atomic mass is 35.5. The van der Waals surface area contributed by atoms with Crippen molar-refractivity contribution in [2.75, 3.05) is 13.7 Å². The van der Waals surface area contributed by atoms with Crippen LogP contribution >= 0.6 is 11.6 Å². The Morgan fingerprint density at radius 3 is 2.75 bits per heavy atom. The van der Waals surface area contributed by atoms with Crippen molar-refractivity contribution in [1.82, 2.24) is 5.32 Å². The Bertz CT molecular complexity index is 402. The molecule has 1 aromatic rings. The highest BCUT2D eigenvalue weighted by Crippen LogP contribution is 2.18. The number of carbonyl (C=O) groups excluding carboxylic acids is 2. The number of nitrogens with one attached hydrogen (secondary N) is 1. The third kappa shape index (κ3) is 2.93. The van der Waals surface area contributed by atoms with Gasteiger partial charge in [0.15, 0.2) is 0 Å². The normalized spacial score (nSPS) is 9.69.